The van der Waals surface area contributed by atoms with Gasteiger partial charge in [-0.25, -0.2) is 0 Å². The third-order valence-electron chi connectivity index (χ3n) is 4.19. The number of hydrogen-bond donors (Lipinski definition) is 1. The van der Waals surface area contributed by atoms with E-state index in [4.69, 9.17) is 0 Å². The van der Waals surface area contributed by atoms with Crippen molar-refractivity contribution in [3.8, 4) is 0 Å². The number of anilines is 1. The quantitative estimate of drug-likeness (QED) is 0.549. The SMILES string of the molecule is CC(C)(C)c1ccc(C(=O)Nc2cccc3cccnc23)c([N+](=O)[O-])c1. The summed E-state index contributed by atoms with van der Waals surface area (Å²) in [5, 5.41) is 15.1. The van der Waals surface area contributed by atoms with Crippen LogP contribution >= 0.6 is 0 Å². The van der Waals surface area contributed by atoms with Crippen molar-refractivity contribution in [2.75, 3.05) is 5.32 Å². The molecule has 3 rings (SSSR count). The minimum atomic E-state index is -0.532. The van der Waals surface area contributed by atoms with Gasteiger partial charge in [-0.2, -0.15) is 0 Å². The molecular formula is C20H19N3O3. The maximum absolute atomic E-state index is 12.7. The number of aromatic nitrogens is 1. The zero-order chi connectivity index (χ0) is 18.9. The van der Waals surface area contributed by atoms with E-state index in [-0.39, 0.29) is 16.7 Å². The first-order valence-electron chi connectivity index (χ1n) is 8.21. The van der Waals surface area contributed by atoms with Crippen molar-refractivity contribution in [2.24, 2.45) is 0 Å². The van der Waals surface area contributed by atoms with E-state index >= 15 is 0 Å². The molecule has 132 valence electrons. The third kappa shape index (κ3) is 3.39. The van der Waals surface area contributed by atoms with E-state index < -0.39 is 10.8 Å². The molecule has 0 saturated heterocycles. The highest BCUT2D eigenvalue weighted by Gasteiger charge is 2.24. The Hall–Kier alpha value is -3.28. The number of rotatable bonds is 3. The summed E-state index contributed by atoms with van der Waals surface area (Å²) in [6, 6.07) is 13.8. The van der Waals surface area contributed by atoms with Crippen LogP contribution in [0.1, 0.15) is 36.7 Å². The van der Waals surface area contributed by atoms with Crippen LogP contribution in [0.4, 0.5) is 11.4 Å². The van der Waals surface area contributed by atoms with Crippen molar-refractivity contribution >= 4 is 28.2 Å². The first kappa shape index (κ1) is 17.5. The molecule has 0 atom stereocenters. The van der Waals surface area contributed by atoms with Gasteiger partial charge >= 0.3 is 0 Å². The van der Waals surface area contributed by atoms with Crippen LogP contribution in [0.2, 0.25) is 0 Å². The average Bonchev–Trinajstić information content (AvgIpc) is 2.60. The van der Waals surface area contributed by atoms with Gasteiger partial charge in [0.2, 0.25) is 0 Å². The van der Waals surface area contributed by atoms with Crippen molar-refractivity contribution < 1.29 is 9.72 Å². The Bertz CT molecular complexity index is 1000. The lowest BCUT2D eigenvalue weighted by Crippen LogP contribution is -2.17. The Morgan fingerprint density at radius 1 is 1.12 bits per heavy atom. The first-order chi connectivity index (χ1) is 12.3. The number of fused-ring (bicyclic) bond motifs is 1. The number of carbonyl (C=O) groups is 1. The van der Waals surface area contributed by atoms with Gasteiger partial charge in [0.05, 0.1) is 16.1 Å². The molecule has 0 unspecified atom stereocenters. The highest BCUT2D eigenvalue weighted by atomic mass is 16.6. The molecule has 0 spiro atoms. The van der Waals surface area contributed by atoms with E-state index in [1.807, 2.05) is 39.0 Å². The number of amides is 1. The Labute approximate surface area is 151 Å². The minimum Gasteiger partial charge on any atom is -0.320 e. The lowest BCUT2D eigenvalue weighted by atomic mass is 9.86. The lowest BCUT2D eigenvalue weighted by Gasteiger charge is -2.19. The highest BCUT2D eigenvalue weighted by Crippen LogP contribution is 2.29. The molecular weight excluding hydrogens is 330 g/mol. The molecule has 0 aliphatic carbocycles. The Morgan fingerprint density at radius 2 is 1.85 bits per heavy atom. The fourth-order valence-electron chi connectivity index (χ4n) is 2.74. The molecule has 3 aromatic rings. The molecule has 0 radical (unpaired) electrons. The number of para-hydroxylation sites is 1. The van der Waals surface area contributed by atoms with E-state index in [0.717, 1.165) is 10.9 Å². The molecule has 26 heavy (non-hydrogen) atoms. The second-order valence-corrected chi connectivity index (χ2v) is 7.07. The van der Waals surface area contributed by atoms with Crippen LogP contribution in [-0.2, 0) is 5.41 Å². The monoisotopic (exact) mass is 349 g/mol. The molecule has 0 aliphatic heterocycles. The Balaban J connectivity index is 2.01. The van der Waals surface area contributed by atoms with Crippen LogP contribution < -0.4 is 5.32 Å². The van der Waals surface area contributed by atoms with E-state index in [1.54, 1.807) is 24.4 Å². The summed E-state index contributed by atoms with van der Waals surface area (Å²) in [5.74, 6) is -0.532. The van der Waals surface area contributed by atoms with Crippen LogP contribution in [0.3, 0.4) is 0 Å². The maximum Gasteiger partial charge on any atom is 0.282 e. The Kier molecular flexibility index (Phi) is 4.42. The summed E-state index contributed by atoms with van der Waals surface area (Å²) in [4.78, 5) is 27.9. The summed E-state index contributed by atoms with van der Waals surface area (Å²) in [6.07, 6.45) is 1.64. The van der Waals surface area contributed by atoms with Crippen molar-refractivity contribution in [1.29, 1.82) is 0 Å². The summed E-state index contributed by atoms with van der Waals surface area (Å²) in [6.45, 7) is 5.90. The number of carbonyl (C=O) groups excluding carboxylic acids is 1. The van der Waals surface area contributed by atoms with Crippen molar-refractivity contribution in [3.05, 3.63) is 76.0 Å². The normalized spacial score (nSPS) is 11.3. The van der Waals surface area contributed by atoms with Gasteiger partial charge in [-0.1, -0.05) is 45.0 Å². The number of benzene rings is 2. The van der Waals surface area contributed by atoms with Gasteiger partial charge in [-0.15, -0.1) is 0 Å². The topological polar surface area (TPSA) is 85.1 Å². The number of pyridine rings is 1. The third-order valence-corrected chi connectivity index (χ3v) is 4.19. The molecule has 6 heteroatoms. The molecule has 0 fully saturated rings. The van der Waals surface area contributed by atoms with E-state index in [0.29, 0.717) is 11.2 Å². The summed E-state index contributed by atoms with van der Waals surface area (Å²) >= 11 is 0. The van der Waals surface area contributed by atoms with Gasteiger partial charge in [0.25, 0.3) is 11.6 Å². The van der Waals surface area contributed by atoms with Gasteiger partial charge in [0, 0.05) is 17.6 Å². The molecule has 0 bridgehead atoms. The fraction of sp³-hybridized carbons (Fsp3) is 0.200. The fourth-order valence-corrected chi connectivity index (χ4v) is 2.74. The molecule has 1 aromatic heterocycles. The highest BCUT2D eigenvalue weighted by molar-refractivity contribution is 6.10. The summed E-state index contributed by atoms with van der Waals surface area (Å²) in [7, 11) is 0. The van der Waals surface area contributed by atoms with Crippen LogP contribution in [0.15, 0.2) is 54.7 Å². The molecule has 2 aromatic carbocycles. The van der Waals surface area contributed by atoms with Gasteiger partial charge in [0.1, 0.15) is 5.56 Å². The molecule has 1 heterocycles. The van der Waals surface area contributed by atoms with Crippen LogP contribution in [0.5, 0.6) is 0 Å². The summed E-state index contributed by atoms with van der Waals surface area (Å²) < 4.78 is 0. The van der Waals surface area contributed by atoms with E-state index in [2.05, 4.69) is 10.3 Å². The summed E-state index contributed by atoms with van der Waals surface area (Å²) in [5.41, 5.74) is 1.52. The predicted octanol–water partition coefficient (Wildman–Crippen LogP) is 4.69. The number of nitro groups is 1. The van der Waals surface area contributed by atoms with E-state index in [1.165, 1.54) is 12.1 Å². The molecule has 1 amide bonds. The zero-order valence-corrected chi connectivity index (χ0v) is 14.8. The first-order valence-corrected chi connectivity index (χ1v) is 8.21. The van der Waals surface area contributed by atoms with Gasteiger partial charge < -0.3 is 5.32 Å². The Morgan fingerprint density at radius 3 is 2.54 bits per heavy atom. The van der Waals surface area contributed by atoms with Gasteiger partial charge in [0.15, 0.2) is 0 Å². The second-order valence-electron chi connectivity index (χ2n) is 7.07. The van der Waals surface area contributed by atoms with Gasteiger partial charge in [-0.05, 0) is 29.2 Å². The average molecular weight is 349 g/mol. The second kappa shape index (κ2) is 6.55. The number of hydrogen-bond acceptors (Lipinski definition) is 4. The number of nitrogens with zero attached hydrogens (tertiary/aromatic N) is 2. The molecule has 1 N–H and O–H groups in total. The smallest absolute Gasteiger partial charge is 0.282 e. The number of nitro benzene ring substituents is 1. The van der Waals surface area contributed by atoms with Crippen molar-refractivity contribution in [2.45, 2.75) is 26.2 Å². The van der Waals surface area contributed by atoms with Gasteiger partial charge in [-0.3, -0.25) is 19.9 Å². The van der Waals surface area contributed by atoms with Crippen LogP contribution in [-0.4, -0.2) is 15.8 Å². The van der Waals surface area contributed by atoms with Crippen molar-refractivity contribution in [3.63, 3.8) is 0 Å². The van der Waals surface area contributed by atoms with E-state index in [9.17, 15) is 14.9 Å². The van der Waals surface area contributed by atoms with Crippen LogP contribution in [0, 0.1) is 10.1 Å². The van der Waals surface area contributed by atoms with Crippen molar-refractivity contribution in [1.82, 2.24) is 4.98 Å². The molecule has 6 nitrogen and oxygen atoms in total. The molecule has 0 aliphatic rings. The largest absolute Gasteiger partial charge is 0.320 e. The molecule has 0 saturated carbocycles. The van der Waals surface area contributed by atoms with Crippen LogP contribution in [0.25, 0.3) is 10.9 Å². The zero-order valence-electron chi connectivity index (χ0n) is 14.8. The minimum absolute atomic E-state index is 0.0240. The number of nitrogens with one attached hydrogen (secondary N) is 1. The lowest BCUT2D eigenvalue weighted by molar-refractivity contribution is -0.385. The predicted molar refractivity (Wildman–Crippen MR) is 101 cm³/mol. The standard InChI is InChI=1S/C20H19N3O3/c1-20(2,3)14-9-10-15(17(12-14)23(25)26)19(24)22-16-8-4-6-13-7-5-11-21-18(13)16/h4-12H,1-3H3,(H,22,24). The maximum atomic E-state index is 12.7.